The Morgan fingerprint density at radius 1 is 1.60 bits per heavy atom. The number of rotatable bonds is 2. The molecule has 1 aliphatic rings. The van der Waals surface area contributed by atoms with E-state index in [1.807, 2.05) is 6.92 Å². The predicted octanol–water partition coefficient (Wildman–Crippen LogP) is 0.530. The molecule has 1 aromatic heterocycles. The van der Waals surface area contributed by atoms with E-state index in [0.29, 0.717) is 5.69 Å². The number of hydrogen-bond donors (Lipinski definition) is 1. The van der Waals surface area contributed by atoms with Gasteiger partial charge >= 0.3 is 0 Å². The summed E-state index contributed by atoms with van der Waals surface area (Å²) in [6, 6.07) is 0. The minimum Gasteiger partial charge on any atom is -0.305 e. The number of carbonyl (C=O) groups excluding carboxylic acids is 1. The summed E-state index contributed by atoms with van der Waals surface area (Å²) in [5.74, 6) is 0.0512. The monoisotopic (exact) mass is 208 g/mol. The Morgan fingerprint density at radius 3 is 2.93 bits per heavy atom. The van der Waals surface area contributed by atoms with E-state index in [4.69, 9.17) is 0 Å². The van der Waals surface area contributed by atoms with Crippen molar-refractivity contribution < 1.29 is 4.79 Å². The highest BCUT2D eigenvalue weighted by molar-refractivity contribution is 6.01. The third kappa shape index (κ3) is 1.92. The number of Topliss-reactive ketones (excluding diaryl/α,β-unsaturated/α-hetero) is 1. The number of nitrogens with one attached hydrogen (secondary N) is 1. The van der Waals surface area contributed by atoms with Gasteiger partial charge in [-0.15, -0.1) is 0 Å². The van der Waals surface area contributed by atoms with Crippen molar-refractivity contribution >= 4 is 5.78 Å². The summed E-state index contributed by atoms with van der Waals surface area (Å²) in [5.41, 5.74) is 0.00303. The van der Waals surface area contributed by atoms with Gasteiger partial charge in [0.15, 0.2) is 5.69 Å². The second kappa shape index (κ2) is 3.73. The molecule has 0 aromatic carbocycles. The molecule has 1 atom stereocenters. The molecule has 5 nitrogen and oxygen atoms in total. The van der Waals surface area contributed by atoms with Crippen LogP contribution in [0.5, 0.6) is 0 Å². The first kappa shape index (κ1) is 10.3. The van der Waals surface area contributed by atoms with Crippen LogP contribution in [0.1, 0.15) is 36.7 Å². The van der Waals surface area contributed by atoms with E-state index in [2.05, 4.69) is 15.5 Å². The topological polar surface area (TPSA) is 59.8 Å². The molecular weight excluding hydrogens is 192 g/mol. The molecule has 1 aromatic rings. The number of aryl methyl sites for hydroxylation is 1. The third-order valence-corrected chi connectivity index (χ3v) is 2.95. The van der Waals surface area contributed by atoms with Gasteiger partial charge in [-0.25, -0.2) is 0 Å². The molecule has 0 amide bonds. The summed E-state index contributed by atoms with van der Waals surface area (Å²) < 4.78 is 0. The van der Waals surface area contributed by atoms with Crippen molar-refractivity contribution in [3.8, 4) is 0 Å². The van der Waals surface area contributed by atoms with Crippen molar-refractivity contribution in [3.63, 3.8) is 0 Å². The fourth-order valence-corrected chi connectivity index (χ4v) is 1.98. The van der Waals surface area contributed by atoms with Gasteiger partial charge in [-0.3, -0.25) is 4.79 Å². The lowest BCUT2D eigenvalue weighted by Gasteiger charge is -2.32. The average Bonchev–Trinajstić information content (AvgIpc) is 2.65. The Hall–Kier alpha value is -1.23. The fraction of sp³-hybridized carbons (Fsp3) is 0.700. The maximum absolute atomic E-state index is 12.2. The first-order chi connectivity index (χ1) is 7.12. The Bertz CT molecular complexity index is 365. The molecule has 82 valence electrons. The summed E-state index contributed by atoms with van der Waals surface area (Å²) in [6.45, 7) is 2.85. The van der Waals surface area contributed by atoms with Crippen LogP contribution in [-0.2, 0) is 7.05 Å². The van der Waals surface area contributed by atoms with Crippen LogP contribution in [0.2, 0.25) is 0 Å². The summed E-state index contributed by atoms with van der Waals surface area (Å²) >= 11 is 0. The second-order valence-corrected chi connectivity index (χ2v) is 4.26. The van der Waals surface area contributed by atoms with Crippen molar-refractivity contribution in [1.29, 1.82) is 0 Å². The first-order valence-corrected chi connectivity index (χ1v) is 5.28. The normalized spacial score (nSPS) is 26.5. The molecule has 0 bridgehead atoms. The number of ketones is 1. The fourth-order valence-electron chi connectivity index (χ4n) is 1.98. The molecule has 1 fully saturated rings. The van der Waals surface area contributed by atoms with E-state index in [-0.39, 0.29) is 5.78 Å². The van der Waals surface area contributed by atoms with Crippen LogP contribution in [0.15, 0.2) is 6.20 Å². The van der Waals surface area contributed by atoms with Gasteiger partial charge in [-0.2, -0.15) is 15.0 Å². The molecule has 1 saturated heterocycles. The van der Waals surface area contributed by atoms with Gasteiger partial charge in [0.05, 0.1) is 11.7 Å². The zero-order valence-corrected chi connectivity index (χ0v) is 9.16. The second-order valence-electron chi connectivity index (χ2n) is 4.26. The Labute approximate surface area is 88.9 Å². The first-order valence-electron chi connectivity index (χ1n) is 5.28. The molecule has 1 unspecified atom stereocenters. The average molecular weight is 208 g/mol. The molecular formula is C10H16N4O. The zero-order chi connectivity index (χ0) is 10.9. The van der Waals surface area contributed by atoms with Crippen molar-refractivity contribution in [2.24, 2.45) is 7.05 Å². The summed E-state index contributed by atoms with van der Waals surface area (Å²) in [6.07, 6.45) is 4.64. The van der Waals surface area contributed by atoms with Gasteiger partial charge < -0.3 is 5.32 Å². The van der Waals surface area contributed by atoms with Gasteiger partial charge in [0.2, 0.25) is 5.78 Å². The van der Waals surface area contributed by atoms with Gasteiger partial charge in [0, 0.05) is 7.05 Å². The van der Waals surface area contributed by atoms with Gasteiger partial charge in [0.25, 0.3) is 0 Å². The minimum atomic E-state index is -0.450. The van der Waals surface area contributed by atoms with E-state index in [9.17, 15) is 4.79 Å². The number of aromatic nitrogens is 3. The highest BCUT2D eigenvalue weighted by Crippen LogP contribution is 2.22. The Balaban J connectivity index is 2.19. The van der Waals surface area contributed by atoms with Crippen LogP contribution < -0.4 is 5.32 Å². The quantitative estimate of drug-likeness (QED) is 0.720. The molecule has 2 rings (SSSR count). The Kier molecular flexibility index (Phi) is 2.56. The molecule has 5 heteroatoms. The van der Waals surface area contributed by atoms with Crippen LogP contribution >= 0.6 is 0 Å². The number of nitrogens with zero attached hydrogens (tertiary/aromatic N) is 3. The highest BCUT2D eigenvalue weighted by Gasteiger charge is 2.36. The van der Waals surface area contributed by atoms with Crippen molar-refractivity contribution in [3.05, 3.63) is 11.9 Å². The van der Waals surface area contributed by atoms with Gasteiger partial charge in [-0.05, 0) is 32.7 Å². The predicted molar refractivity (Wildman–Crippen MR) is 55.6 cm³/mol. The van der Waals surface area contributed by atoms with Crippen LogP contribution in [0.3, 0.4) is 0 Å². The highest BCUT2D eigenvalue weighted by atomic mass is 16.1. The minimum absolute atomic E-state index is 0.0512. The van der Waals surface area contributed by atoms with E-state index >= 15 is 0 Å². The van der Waals surface area contributed by atoms with Crippen LogP contribution in [0.25, 0.3) is 0 Å². The van der Waals surface area contributed by atoms with Crippen LogP contribution in [-0.4, -0.2) is 32.9 Å². The lowest BCUT2D eigenvalue weighted by molar-refractivity contribution is 0.0828. The van der Waals surface area contributed by atoms with E-state index in [0.717, 1.165) is 25.8 Å². The van der Waals surface area contributed by atoms with E-state index < -0.39 is 5.54 Å². The van der Waals surface area contributed by atoms with E-state index in [1.165, 1.54) is 11.0 Å². The molecule has 0 saturated carbocycles. The summed E-state index contributed by atoms with van der Waals surface area (Å²) in [4.78, 5) is 13.6. The zero-order valence-electron chi connectivity index (χ0n) is 9.16. The van der Waals surface area contributed by atoms with Crippen molar-refractivity contribution in [2.75, 3.05) is 6.54 Å². The van der Waals surface area contributed by atoms with Crippen LogP contribution in [0.4, 0.5) is 0 Å². The SMILES string of the molecule is Cn1ncc(C(=O)C2(C)CCCCN2)n1. The molecule has 15 heavy (non-hydrogen) atoms. The summed E-state index contributed by atoms with van der Waals surface area (Å²) in [7, 11) is 1.72. The molecule has 0 spiro atoms. The van der Waals surface area contributed by atoms with Crippen molar-refractivity contribution in [2.45, 2.75) is 31.7 Å². The number of carbonyl (C=O) groups is 1. The summed E-state index contributed by atoms with van der Waals surface area (Å²) in [5, 5.41) is 11.2. The molecule has 0 radical (unpaired) electrons. The lowest BCUT2D eigenvalue weighted by Crippen LogP contribution is -2.52. The number of piperidine rings is 1. The molecule has 0 aliphatic carbocycles. The van der Waals surface area contributed by atoms with Crippen molar-refractivity contribution in [1.82, 2.24) is 20.3 Å². The molecule has 1 aliphatic heterocycles. The maximum Gasteiger partial charge on any atom is 0.204 e. The Morgan fingerprint density at radius 2 is 2.40 bits per heavy atom. The lowest BCUT2D eigenvalue weighted by atomic mass is 9.86. The van der Waals surface area contributed by atoms with Gasteiger partial charge in [-0.1, -0.05) is 0 Å². The standard InChI is InChI=1S/C10H16N4O/c1-10(5-3-4-6-11-10)9(15)8-7-12-14(2)13-8/h7,11H,3-6H2,1-2H3. The van der Waals surface area contributed by atoms with Gasteiger partial charge in [0.1, 0.15) is 0 Å². The largest absolute Gasteiger partial charge is 0.305 e. The van der Waals surface area contributed by atoms with Crippen LogP contribution in [0, 0.1) is 0 Å². The third-order valence-electron chi connectivity index (χ3n) is 2.95. The number of hydrogen-bond acceptors (Lipinski definition) is 4. The van der Waals surface area contributed by atoms with E-state index in [1.54, 1.807) is 7.05 Å². The molecule has 2 heterocycles. The molecule has 1 N–H and O–H groups in total. The smallest absolute Gasteiger partial charge is 0.204 e. The maximum atomic E-state index is 12.2.